The standard InChI is InChI=1S/C24H27N3O2S2/c1-4-5-9-22(28)25-19-7-6-8-20(14-19)31-17(3)23(29)27-24-26-21(15-30-24)18-12-10-16(2)11-13-18/h6-8,10-15,17H,4-5,9H2,1-3H3,(H,25,28)(H,26,27,29). The molecule has 1 unspecified atom stereocenters. The maximum atomic E-state index is 12.7. The lowest BCUT2D eigenvalue weighted by molar-refractivity contribution is -0.116. The Balaban J connectivity index is 1.57. The van der Waals surface area contributed by atoms with Gasteiger partial charge in [0.05, 0.1) is 10.9 Å². The Morgan fingerprint density at radius 2 is 1.90 bits per heavy atom. The molecule has 0 fully saturated rings. The number of aryl methyl sites for hydroxylation is 1. The number of carbonyl (C=O) groups excluding carboxylic acids is 2. The number of hydrogen-bond acceptors (Lipinski definition) is 5. The van der Waals surface area contributed by atoms with Crippen molar-refractivity contribution in [3.8, 4) is 11.3 Å². The van der Waals surface area contributed by atoms with Crippen molar-refractivity contribution in [3.63, 3.8) is 0 Å². The van der Waals surface area contributed by atoms with Crippen LogP contribution >= 0.6 is 23.1 Å². The lowest BCUT2D eigenvalue weighted by Crippen LogP contribution is -2.22. The van der Waals surface area contributed by atoms with Gasteiger partial charge in [-0.3, -0.25) is 9.59 Å². The number of hydrogen-bond donors (Lipinski definition) is 2. The van der Waals surface area contributed by atoms with Crippen molar-refractivity contribution in [3.05, 3.63) is 59.5 Å². The molecule has 0 aliphatic rings. The molecular weight excluding hydrogens is 426 g/mol. The van der Waals surface area contributed by atoms with Gasteiger partial charge in [0.25, 0.3) is 0 Å². The fraction of sp³-hybridized carbons (Fsp3) is 0.292. The Kier molecular flexibility index (Phi) is 8.26. The van der Waals surface area contributed by atoms with Gasteiger partial charge in [-0.2, -0.15) is 0 Å². The van der Waals surface area contributed by atoms with Gasteiger partial charge in [0.1, 0.15) is 0 Å². The lowest BCUT2D eigenvalue weighted by Gasteiger charge is -2.12. The van der Waals surface area contributed by atoms with Crippen molar-refractivity contribution in [2.45, 2.75) is 50.2 Å². The highest BCUT2D eigenvalue weighted by Gasteiger charge is 2.17. The van der Waals surface area contributed by atoms with Gasteiger partial charge < -0.3 is 10.6 Å². The summed E-state index contributed by atoms with van der Waals surface area (Å²) in [5, 5.41) is 8.06. The van der Waals surface area contributed by atoms with E-state index in [2.05, 4.69) is 22.5 Å². The van der Waals surface area contributed by atoms with E-state index in [0.29, 0.717) is 11.6 Å². The summed E-state index contributed by atoms with van der Waals surface area (Å²) in [6.07, 6.45) is 2.38. The monoisotopic (exact) mass is 453 g/mol. The molecule has 2 amide bonds. The molecule has 3 aromatic rings. The molecule has 3 rings (SSSR count). The summed E-state index contributed by atoms with van der Waals surface area (Å²) < 4.78 is 0. The van der Waals surface area contributed by atoms with Gasteiger partial charge in [0.2, 0.25) is 11.8 Å². The van der Waals surface area contributed by atoms with E-state index in [9.17, 15) is 9.59 Å². The second kappa shape index (κ2) is 11.1. The first kappa shape index (κ1) is 23.0. The number of nitrogens with zero attached hydrogens (tertiary/aromatic N) is 1. The Labute approximate surface area is 191 Å². The smallest absolute Gasteiger partial charge is 0.239 e. The number of unbranched alkanes of at least 4 members (excludes halogenated alkanes) is 1. The number of benzene rings is 2. The maximum Gasteiger partial charge on any atom is 0.239 e. The predicted octanol–water partition coefficient (Wildman–Crippen LogP) is 6.37. The zero-order valence-electron chi connectivity index (χ0n) is 18.0. The van der Waals surface area contributed by atoms with Crippen molar-refractivity contribution in [1.29, 1.82) is 0 Å². The summed E-state index contributed by atoms with van der Waals surface area (Å²) in [7, 11) is 0. The second-order valence-corrected chi connectivity index (χ2v) is 9.61. The molecule has 7 heteroatoms. The van der Waals surface area contributed by atoms with E-state index in [4.69, 9.17) is 0 Å². The molecule has 162 valence electrons. The number of nitrogens with one attached hydrogen (secondary N) is 2. The van der Waals surface area contributed by atoms with Gasteiger partial charge in [-0.15, -0.1) is 23.1 Å². The van der Waals surface area contributed by atoms with E-state index in [-0.39, 0.29) is 17.1 Å². The average Bonchev–Trinajstić information content (AvgIpc) is 3.21. The molecule has 1 heterocycles. The highest BCUT2D eigenvalue weighted by Crippen LogP contribution is 2.29. The van der Waals surface area contributed by atoms with Crippen molar-refractivity contribution >= 4 is 45.7 Å². The molecule has 0 saturated heterocycles. The van der Waals surface area contributed by atoms with E-state index < -0.39 is 0 Å². The zero-order chi connectivity index (χ0) is 22.2. The summed E-state index contributed by atoms with van der Waals surface area (Å²) in [4.78, 5) is 30.1. The summed E-state index contributed by atoms with van der Waals surface area (Å²) in [6, 6.07) is 15.7. The molecule has 2 aromatic carbocycles. The predicted molar refractivity (Wildman–Crippen MR) is 131 cm³/mol. The fourth-order valence-electron chi connectivity index (χ4n) is 2.86. The van der Waals surface area contributed by atoms with Crippen LogP contribution in [0.2, 0.25) is 0 Å². The average molecular weight is 454 g/mol. The van der Waals surface area contributed by atoms with Crippen LogP contribution in [-0.4, -0.2) is 22.0 Å². The fourth-order valence-corrected chi connectivity index (χ4v) is 4.51. The van der Waals surface area contributed by atoms with Gasteiger partial charge in [-0.05, 0) is 38.5 Å². The Bertz CT molecular complexity index is 1030. The molecule has 0 spiro atoms. The first-order valence-corrected chi connectivity index (χ1v) is 12.1. The number of amides is 2. The van der Waals surface area contributed by atoms with E-state index in [0.717, 1.165) is 34.7 Å². The van der Waals surface area contributed by atoms with Gasteiger partial charge in [-0.25, -0.2) is 4.98 Å². The Morgan fingerprint density at radius 3 is 2.65 bits per heavy atom. The third kappa shape index (κ3) is 6.94. The van der Waals surface area contributed by atoms with E-state index in [1.54, 1.807) is 0 Å². The summed E-state index contributed by atoms with van der Waals surface area (Å²) in [6.45, 7) is 5.97. The van der Waals surface area contributed by atoms with Crippen LogP contribution in [0.4, 0.5) is 10.8 Å². The first-order valence-electron chi connectivity index (χ1n) is 10.3. The molecule has 0 saturated carbocycles. The van der Waals surface area contributed by atoms with Gasteiger partial charge in [0.15, 0.2) is 5.13 Å². The number of rotatable bonds is 9. The van der Waals surface area contributed by atoms with Crippen LogP contribution in [0.15, 0.2) is 58.8 Å². The minimum absolute atomic E-state index is 0.0166. The van der Waals surface area contributed by atoms with E-state index in [1.807, 2.05) is 67.8 Å². The number of thiazole rings is 1. The normalized spacial score (nSPS) is 11.7. The number of aromatic nitrogens is 1. The van der Waals surface area contributed by atoms with E-state index >= 15 is 0 Å². The molecular formula is C24H27N3O2S2. The molecule has 2 N–H and O–H groups in total. The van der Waals surface area contributed by atoms with Crippen LogP contribution in [-0.2, 0) is 9.59 Å². The molecule has 1 atom stereocenters. The van der Waals surface area contributed by atoms with Crippen LogP contribution in [0.5, 0.6) is 0 Å². The molecule has 5 nitrogen and oxygen atoms in total. The molecule has 0 radical (unpaired) electrons. The largest absolute Gasteiger partial charge is 0.326 e. The number of anilines is 2. The zero-order valence-corrected chi connectivity index (χ0v) is 19.6. The van der Waals surface area contributed by atoms with Crippen LogP contribution in [0, 0.1) is 6.92 Å². The molecule has 0 bridgehead atoms. The first-order chi connectivity index (χ1) is 14.9. The molecule has 0 aliphatic heterocycles. The van der Waals surface area contributed by atoms with Crippen LogP contribution in [0.1, 0.15) is 38.7 Å². The van der Waals surface area contributed by atoms with Crippen molar-refractivity contribution in [2.24, 2.45) is 0 Å². The number of thioether (sulfide) groups is 1. The van der Waals surface area contributed by atoms with Crippen LogP contribution in [0.25, 0.3) is 11.3 Å². The molecule has 1 aromatic heterocycles. The lowest BCUT2D eigenvalue weighted by atomic mass is 10.1. The van der Waals surface area contributed by atoms with Gasteiger partial charge in [-0.1, -0.05) is 49.2 Å². The number of carbonyl (C=O) groups is 2. The minimum atomic E-state index is -0.308. The summed E-state index contributed by atoms with van der Waals surface area (Å²) >= 11 is 2.86. The molecule has 0 aliphatic carbocycles. The van der Waals surface area contributed by atoms with Crippen molar-refractivity contribution < 1.29 is 9.59 Å². The Morgan fingerprint density at radius 1 is 1.13 bits per heavy atom. The Hall–Kier alpha value is -2.64. The van der Waals surface area contributed by atoms with Crippen molar-refractivity contribution in [2.75, 3.05) is 10.6 Å². The van der Waals surface area contributed by atoms with Gasteiger partial charge >= 0.3 is 0 Å². The highest BCUT2D eigenvalue weighted by atomic mass is 32.2. The third-order valence-corrected chi connectivity index (χ3v) is 6.49. The maximum absolute atomic E-state index is 12.7. The van der Waals surface area contributed by atoms with Crippen LogP contribution in [0.3, 0.4) is 0 Å². The van der Waals surface area contributed by atoms with Gasteiger partial charge in [0, 0.05) is 27.9 Å². The van der Waals surface area contributed by atoms with Crippen molar-refractivity contribution in [1.82, 2.24) is 4.98 Å². The second-order valence-electron chi connectivity index (χ2n) is 7.33. The topological polar surface area (TPSA) is 71.1 Å². The third-order valence-electron chi connectivity index (χ3n) is 4.64. The summed E-state index contributed by atoms with van der Waals surface area (Å²) in [5.74, 6) is -0.0878. The quantitative estimate of drug-likeness (QED) is 0.370. The summed E-state index contributed by atoms with van der Waals surface area (Å²) in [5.41, 5.74) is 3.83. The SMILES string of the molecule is CCCCC(=O)Nc1cccc(SC(C)C(=O)Nc2nc(-c3ccc(C)cc3)cs2)c1. The van der Waals surface area contributed by atoms with E-state index in [1.165, 1.54) is 28.7 Å². The highest BCUT2D eigenvalue weighted by molar-refractivity contribution is 8.00. The minimum Gasteiger partial charge on any atom is -0.326 e. The molecule has 31 heavy (non-hydrogen) atoms. The van der Waals surface area contributed by atoms with Crippen LogP contribution < -0.4 is 10.6 Å².